The van der Waals surface area contributed by atoms with Gasteiger partial charge in [-0.3, -0.25) is 9.59 Å². The molecular formula is C15H18N2O5. The summed E-state index contributed by atoms with van der Waals surface area (Å²) >= 11 is 0. The smallest absolute Gasteiger partial charge is 0.240 e. The summed E-state index contributed by atoms with van der Waals surface area (Å²) in [6.45, 7) is 0.999. The summed E-state index contributed by atoms with van der Waals surface area (Å²) < 4.78 is 15.4. The van der Waals surface area contributed by atoms with Gasteiger partial charge < -0.3 is 24.8 Å². The van der Waals surface area contributed by atoms with Gasteiger partial charge in [-0.15, -0.1) is 0 Å². The lowest BCUT2D eigenvalue weighted by Crippen LogP contribution is -2.41. The molecule has 0 spiro atoms. The summed E-state index contributed by atoms with van der Waals surface area (Å²) in [5.74, 6) is 0.702. The quantitative estimate of drug-likeness (QED) is 0.602. The summed E-state index contributed by atoms with van der Waals surface area (Å²) in [4.78, 5) is 24.5. The average Bonchev–Trinajstić information content (AvgIpc) is 3.20. The van der Waals surface area contributed by atoms with Crippen molar-refractivity contribution in [1.82, 2.24) is 5.32 Å². The number of carbonyl (C=O) groups is 2. The zero-order chi connectivity index (χ0) is 15.6. The predicted octanol–water partition coefficient (Wildman–Crippen LogP) is 0.897. The monoisotopic (exact) mass is 306 g/mol. The van der Waals surface area contributed by atoms with Crippen molar-refractivity contribution < 1.29 is 23.8 Å². The molecule has 0 aromatic heterocycles. The van der Waals surface area contributed by atoms with E-state index in [0.717, 1.165) is 0 Å². The van der Waals surface area contributed by atoms with Gasteiger partial charge in [0.05, 0.1) is 6.61 Å². The molecule has 0 bridgehead atoms. The standard InChI is InChI=1S/C15H18N2O5/c1-20-7-6-16-13(18)15(4-5-15)14(19)17-10-2-3-11-12(8-10)22-9-21-11/h2-3,8H,4-7,9H2,1H3,(H,16,18)(H,17,19). The molecule has 0 unspecified atom stereocenters. The molecule has 0 radical (unpaired) electrons. The van der Waals surface area contributed by atoms with Crippen LogP contribution in [-0.2, 0) is 14.3 Å². The zero-order valence-corrected chi connectivity index (χ0v) is 12.3. The fourth-order valence-electron chi connectivity index (χ4n) is 2.34. The summed E-state index contributed by atoms with van der Waals surface area (Å²) in [5.41, 5.74) is -0.366. The third-order valence-corrected chi connectivity index (χ3v) is 3.84. The first-order chi connectivity index (χ1) is 10.7. The first kappa shape index (κ1) is 14.6. The number of carbonyl (C=O) groups excluding carboxylic acids is 2. The van der Waals surface area contributed by atoms with Crippen LogP contribution in [0.5, 0.6) is 11.5 Å². The summed E-state index contributed by atoms with van der Waals surface area (Å²) in [6.07, 6.45) is 1.12. The number of fused-ring (bicyclic) bond motifs is 1. The Morgan fingerprint density at radius 3 is 2.73 bits per heavy atom. The van der Waals surface area contributed by atoms with Crippen LogP contribution < -0.4 is 20.1 Å². The maximum Gasteiger partial charge on any atom is 0.240 e. The number of amides is 2. The predicted molar refractivity (Wildman–Crippen MR) is 77.7 cm³/mol. The largest absolute Gasteiger partial charge is 0.454 e. The molecule has 0 saturated heterocycles. The molecule has 118 valence electrons. The van der Waals surface area contributed by atoms with Crippen LogP contribution in [0.4, 0.5) is 5.69 Å². The Hall–Kier alpha value is -2.28. The second kappa shape index (κ2) is 5.84. The number of benzene rings is 1. The maximum absolute atomic E-state index is 12.4. The Balaban J connectivity index is 1.63. The molecule has 1 aromatic carbocycles. The molecule has 7 heteroatoms. The second-order valence-corrected chi connectivity index (χ2v) is 5.35. The van der Waals surface area contributed by atoms with Crippen LogP contribution in [-0.4, -0.2) is 38.9 Å². The highest BCUT2D eigenvalue weighted by Gasteiger charge is 2.56. The lowest BCUT2D eigenvalue weighted by Gasteiger charge is -2.15. The number of methoxy groups -OCH3 is 1. The van der Waals surface area contributed by atoms with Crippen molar-refractivity contribution in [3.8, 4) is 11.5 Å². The minimum Gasteiger partial charge on any atom is -0.454 e. The molecule has 1 fully saturated rings. The Bertz CT molecular complexity index is 598. The van der Waals surface area contributed by atoms with Gasteiger partial charge >= 0.3 is 0 Å². The molecule has 1 aliphatic carbocycles. The van der Waals surface area contributed by atoms with E-state index in [4.69, 9.17) is 14.2 Å². The van der Waals surface area contributed by atoms with E-state index in [0.29, 0.717) is 43.2 Å². The maximum atomic E-state index is 12.4. The SMILES string of the molecule is COCCNC(=O)C1(C(=O)Nc2ccc3c(c2)OCO3)CC1. The van der Waals surface area contributed by atoms with E-state index in [1.54, 1.807) is 25.3 Å². The summed E-state index contributed by atoms with van der Waals surface area (Å²) in [5, 5.41) is 5.50. The molecule has 7 nitrogen and oxygen atoms in total. The fraction of sp³-hybridized carbons (Fsp3) is 0.467. The van der Waals surface area contributed by atoms with Gasteiger partial charge in [0.15, 0.2) is 11.5 Å². The highest BCUT2D eigenvalue weighted by molar-refractivity contribution is 6.13. The highest BCUT2D eigenvalue weighted by Crippen LogP contribution is 2.47. The normalized spacial score (nSPS) is 17.0. The number of hydrogen-bond acceptors (Lipinski definition) is 5. The Morgan fingerprint density at radius 1 is 1.23 bits per heavy atom. The molecule has 1 heterocycles. The van der Waals surface area contributed by atoms with Gasteiger partial charge in [-0.1, -0.05) is 0 Å². The number of ether oxygens (including phenoxy) is 3. The van der Waals surface area contributed by atoms with E-state index in [1.165, 1.54) is 0 Å². The Morgan fingerprint density at radius 2 is 2.00 bits per heavy atom. The lowest BCUT2D eigenvalue weighted by atomic mass is 10.1. The Labute approximate surface area is 127 Å². The third kappa shape index (κ3) is 2.71. The van der Waals surface area contributed by atoms with Crippen LogP contribution in [0.3, 0.4) is 0 Å². The zero-order valence-electron chi connectivity index (χ0n) is 12.3. The molecule has 2 aliphatic rings. The molecule has 0 atom stereocenters. The van der Waals surface area contributed by atoms with Crippen LogP contribution in [0.15, 0.2) is 18.2 Å². The number of rotatable bonds is 6. The fourth-order valence-corrected chi connectivity index (χ4v) is 2.34. The molecular weight excluding hydrogens is 288 g/mol. The van der Waals surface area contributed by atoms with Crippen LogP contribution in [0.25, 0.3) is 0 Å². The van der Waals surface area contributed by atoms with Crippen LogP contribution in [0, 0.1) is 5.41 Å². The molecule has 2 amide bonds. The summed E-state index contributed by atoms with van der Waals surface area (Å²) in [6, 6.07) is 5.15. The number of anilines is 1. The molecule has 1 aliphatic heterocycles. The second-order valence-electron chi connectivity index (χ2n) is 5.35. The molecule has 3 rings (SSSR count). The molecule has 22 heavy (non-hydrogen) atoms. The molecule has 1 aromatic rings. The average molecular weight is 306 g/mol. The van der Waals surface area contributed by atoms with Crippen molar-refractivity contribution in [1.29, 1.82) is 0 Å². The number of nitrogens with one attached hydrogen (secondary N) is 2. The van der Waals surface area contributed by atoms with Crippen molar-refractivity contribution in [3.05, 3.63) is 18.2 Å². The van der Waals surface area contributed by atoms with Gasteiger partial charge in [0.2, 0.25) is 18.6 Å². The van der Waals surface area contributed by atoms with Crippen molar-refractivity contribution in [2.45, 2.75) is 12.8 Å². The van der Waals surface area contributed by atoms with Crippen LogP contribution in [0.1, 0.15) is 12.8 Å². The molecule has 1 saturated carbocycles. The van der Waals surface area contributed by atoms with E-state index in [2.05, 4.69) is 10.6 Å². The number of hydrogen-bond donors (Lipinski definition) is 2. The first-order valence-electron chi connectivity index (χ1n) is 7.14. The first-order valence-corrected chi connectivity index (χ1v) is 7.14. The van der Waals surface area contributed by atoms with E-state index < -0.39 is 5.41 Å². The summed E-state index contributed by atoms with van der Waals surface area (Å²) in [7, 11) is 1.56. The van der Waals surface area contributed by atoms with Gasteiger partial charge in [-0.05, 0) is 25.0 Å². The van der Waals surface area contributed by atoms with Gasteiger partial charge in [0.1, 0.15) is 5.41 Å². The van der Waals surface area contributed by atoms with Crippen LogP contribution >= 0.6 is 0 Å². The van der Waals surface area contributed by atoms with Crippen molar-refractivity contribution >= 4 is 17.5 Å². The van der Waals surface area contributed by atoms with Crippen molar-refractivity contribution in [2.75, 3.05) is 32.4 Å². The van der Waals surface area contributed by atoms with E-state index in [-0.39, 0.29) is 18.6 Å². The van der Waals surface area contributed by atoms with E-state index >= 15 is 0 Å². The van der Waals surface area contributed by atoms with E-state index in [1.807, 2.05) is 0 Å². The minimum atomic E-state index is -0.954. The van der Waals surface area contributed by atoms with Gasteiger partial charge in [0.25, 0.3) is 0 Å². The van der Waals surface area contributed by atoms with Gasteiger partial charge in [-0.2, -0.15) is 0 Å². The van der Waals surface area contributed by atoms with Crippen LogP contribution in [0.2, 0.25) is 0 Å². The molecule has 2 N–H and O–H groups in total. The van der Waals surface area contributed by atoms with Gasteiger partial charge in [-0.25, -0.2) is 0 Å². The minimum absolute atomic E-state index is 0.179. The Kier molecular flexibility index (Phi) is 3.89. The van der Waals surface area contributed by atoms with E-state index in [9.17, 15) is 9.59 Å². The third-order valence-electron chi connectivity index (χ3n) is 3.84. The highest BCUT2D eigenvalue weighted by atomic mass is 16.7. The van der Waals surface area contributed by atoms with Crippen molar-refractivity contribution in [2.24, 2.45) is 5.41 Å². The lowest BCUT2D eigenvalue weighted by molar-refractivity contribution is -0.134. The topological polar surface area (TPSA) is 85.9 Å². The van der Waals surface area contributed by atoms with Gasteiger partial charge in [0, 0.05) is 25.4 Å². The van der Waals surface area contributed by atoms with Crippen molar-refractivity contribution in [3.63, 3.8) is 0 Å².